The Kier molecular flexibility index (Phi) is 4.53. The van der Waals surface area contributed by atoms with Crippen molar-refractivity contribution in [2.75, 3.05) is 0 Å². The second-order valence-electron chi connectivity index (χ2n) is 3.04. The molecule has 1 rings (SSSR count). The first-order valence-corrected chi connectivity index (χ1v) is 5.96. The summed E-state index contributed by atoms with van der Waals surface area (Å²) in [5.41, 5.74) is 1.25. The summed E-state index contributed by atoms with van der Waals surface area (Å²) < 4.78 is 7.58. The third-order valence-electron chi connectivity index (χ3n) is 1.99. The Bertz CT molecular complexity index is 202. The topological polar surface area (TPSA) is 9.23 Å². The van der Waals surface area contributed by atoms with E-state index in [1.165, 1.54) is 44.2 Å². The van der Waals surface area contributed by atoms with Crippen molar-refractivity contribution >= 4 is 4.40 Å². The van der Waals surface area contributed by atoms with E-state index in [1.807, 2.05) is 12.3 Å². The predicted molar refractivity (Wildman–Crippen MR) is 47.7 cm³/mol. The van der Waals surface area contributed by atoms with Crippen molar-refractivity contribution in [3.8, 4) is 0 Å². The summed E-state index contributed by atoms with van der Waals surface area (Å²) in [6.45, 7) is 2.08. The summed E-state index contributed by atoms with van der Waals surface area (Å²) in [5.74, 6) is 0. The minimum absolute atomic E-state index is 0.505. The van der Waals surface area contributed by atoms with Crippen LogP contribution in [0.1, 0.15) is 26.2 Å². The number of allylic oxidation sites excluding steroid dienone is 3. The molecule has 66 valence electrons. The van der Waals surface area contributed by atoms with Crippen molar-refractivity contribution in [1.29, 1.82) is 0 Å². The number of rotatable bonds is 4. The predicted octanol–water partition coefficient (Wildman–Crippen LogP) is 2.36. The van der Waals surface area contributed by atoms with Gasteiger partial charge in [-0.3, -0.25) is 0 Å². The zero-order valence-corrected chi connectivity index (χ0v) is 10.3. The van der Waals surface area contributed by atoms with Crippen molar-refractivity contribution in [2.45, 2.75) is 32.3 Å². The Balaban J connectivity index is 2.19. The standard InChI is InChI=1S/C10H14O.W/c1-3-9(2)7-8-11-10-5-4-6-10;/h1,3,7-8,10H,4-6H2,2H3;/b8-7?,9-3-;. The SMILES string of the molecule is C/C(C=COC1CCC1)=C/[CH]=[W]. The van der Waals surface area contributed by atoms with Crippen LogP contribution in [0.15, 0.2) is 24.0 Å². The van der Waals surface area contributed by atoms with Crippen molar-refractivity contribution in [2.24, 2.45) is 0 Å². The van der Waals surface area contributed by atoms with Crippen LogP contribution in [0.5, 0.6) is 0 Å². The van der Waals surface area contributed by atoms with E-state index in [1.54, 1.807) is 0 Å². The maximum atomic E-state index is 5.47. The molecule has 0 aliphatic heterocycles. The van der Waals surface area contributed by atoms with Gasteiger partial charge in [0.2, 0.25) is 0 Å². The van der Waals surface area contributed by atoms with Gasteiger partial charge in [0, 0.05) is 0 Å². The fourth-order valence-corrected chi connectivity index (χ4v) is 1.70. The fourth-order valence-electron chi connectivity index (χ4n) is 0.927. The molecular formula is C10H14OW. The minimum atomic E-state index is 0.505. The first kappa shape index (κ1) is 9.92. The van der Waals surface area contributed by atoms with Gasteiger partial charge in [0.25, 0.3) is 0 Å². The molecule has 0 aromatic carbocycles. The van der Waals surface area contributed by atoms with Crippen LogP contribution in [-0.4, -0.2) is 10.5 Å². The molecule has 0 aromatic rings. The van der Waals surface area contributed by atoms with Crippen LogP contribution in [0.2, 0.25) is 0 Å². The van der Waals surface area contributed by atoms with Crippen LogP contribution in [-0.2, 0) is 24.1 Å². The molecule has 2 heteroatoms. The third kappa shape index (κ3) is 3.49. The molecule has 0 spiro atoms. The number of ether oxygens (including phenoxy) is 1. The zero-order chi connectivity index (χ0) is 8.81. The average molecular weight is 334 g/mol. The Morgan fingerprint density at radius 1 is 1.50 bits per heavy atom. The van der Waals surface area contributed by atoms with Crippen LogP contribution in [0.4, 0.5) is 0 Å². The second-order valence-corrected chi connectivity index (χ2v) is 4.02. The molecule has 1 aliphatic carbocycles. The fraction of sp³-hybridized carbons (Fsp3) is 0.500. The maximum absolute atomic E-state index is 5.47. The van der Waals surface area contributed by atoms with Gasteiger partial charge in [-0.05, 0) is 0 Å². The summed E-state index contributed by atoms with van der Waals surface area (Å²) in [4.78, 5) is 0. The van der Waals surface area contributed by atoms with E-state index in [0.29, 0.717) is 6.10 Å². The van der Waals surface area contributed by atoms with Crippen LogP contribution < -0.4 is 0 Å². The molecule has 0 amide bonds. The summed E-state index contributed by atoms with van der Waals surface area (Å²) in [6.07, 6.45) is 10.3. The van der Waals surface area contributed by atoms with E-state index in [0.717, 1.165) is 0 Å². The molecule has 0 saturated heterocycles. The Morgan fingerprint density at radius 2 is 2.25 bits per heavy atom. The Morgan fingerprint density at radius 3 is 2.75 bits per heavy atom. The molecular weight excluding hydrogens is 320 g/mol. The van der Waals surface area contributed by atoms with E-state index in [4.69, 9.17) is 4.74 Å². The van der Waals surface area contributed by atoms with Crippen LogP contribution in [0.3, 0.4) is 0 Å². The molecule has 1 fully saturated rings. The molecule has 1 nitrogen and oxygen atoms in total. The molecule has 1 aliphatic rings. The van der Waals surface area contributed by atoms with E-state index in [9.17, 15) is 0 Å². The molecule has 0 atom stereocenters. The zero-order valence-electron chi connectivity index (χ0n) is 7.32. The molecule has 0 radical (unpaired) electrons. The molecule has 0 heterocycles. The van der Waals surface area contributed by atoms with E-state index in [-0.39, 0.29) is 0 Å². The molecule has 0 aromatic heterocycles. The first-order valence-electron chi connectivity index (χ1n) is 4.27. The van der Waals surface area contributed by atoms with Gasteiger partial charge in [0.05, 0.1) is 0 Å². The van der Waals surface area contributed by atoms with Crippen molar-refractivity contribution in [3.63, 3.8) is 0 Å². The van der Waals surface area contributed by atoms with E-state index in [2.05, 4.69) is 17.4 Å². The van der Waals surface area contributed by atoms with Gasteiger partial charge in [0.1, 0.15) is 0 Å². The van der Waals surface area contributed by atoms with Crippen molar-refractivity contribution in [3.05, 3.63) is 24.0 Å². The van der Waals surface area contributed by atoms with Crippen LogP contribution >= 0.6 is 0 Å². The average Bonchev–Trinajstić information content (AvgIpc) is 1.95. The summed E-state index contributed by atoms with van der Waals surface area (Å²) in [7, 11) is 0. The molecule has 12 heavy (non-hydrogen) atoms. The third-order valence-corrected chi connectivity index (χ3v) is 2.47. The summed E-state index contributed by atoms with van der Waals surface area (Å²) >= 11 is 1.48. The Hall–Kier alpha value is -0.162. The Labute approximate surface area is 84.9 Å². The van der Waals surface area contributed by atoms with Crippen LogP contribution in [0, 0.1) is 0 Å². The number of hydrogen-bond acceptors (Lipinski definition) is 1. The second kappa shape index (κ2) is 5.48. The van der Waals surface area contributed by atoms with Gasteiger partial charge in [0.15, 0.2) is 0 Å². The molecule has 1 saturated carbocycles. The van der Waals surface area contributed by atoms with Gasteiger partial charge in [-0.1, -0.05) is 0 Å². The van der Waals surface area contributed by atoms with Crippen molar-refractivity contribution < 1.29 is 24.1 Å². The monoisotopic (exact) mass is 334 g/mol. The molecule has 0 bridgehead atoms. The van der Waals surface area contributed by atoms with Gasteiger partial charge in [-0.25, -0.2) is 0 Å². The van der Waals surface area contributed by atoms with Gasteiger partial charge in [-0.15, -0.1) is 0 Å². The number of hydrogen-bond donors (Lipinski definition) is 0. The van der Waals surface area contributed by atoms with Gasteiger partial charge >= 0.3 is 84.8 Å². The molecule has 0 N–H and O–H groups in total. The van der Waals surface area contributed by atoms with E-state index >= 15 is 0 Å². The van der Waals surface area contributed by atoms with Gasteiger partial charge in [-0.2, -0.15) is 0 Å². The van der Waals surface area contributed by atoms with Gasteiger partial charge < -0.3 is 0 Å². The normalized spacial score (nSPS) is 19.2. The van der Waals surface area contributed by atoms with Crippen molar-refractivity contribution in [1.82, 2.24) is 0 Å². The first-order chi connectivity index (χ1) is 5.83. The summed E-state index contributed by atoms with van der Waals surface area (Å²) in [6, 6.07) is 0. The summed E-state index contributed by atoms with van der Waals surface area (Å²) in [5, 5.41) is 0. The van der Waals surface area contributed by atoms with Crippen LogP contribution in [0.25, 0.3) is 0 Å². The molecule has 0 unspecified atom stereocenters. The quantitative estimate of drug-likeness (QED) is 0.567. The van der Waals surface area contributed by atoms with E-state index < -0.39 is 0 Å².